The number of ether oxygens (including phenoxy) is 2. The van der Waals surface area contributed by atoms with Crippen LogP contribution in [0.15, 0.2) is 85.1 Å². The van der Waals surface area contributed by atoms with Crippen LogP contribution in [0.5, 0.6) is 11.5 Å². The molecule has 14 heteroatoms. The number of rotatable bonds is 13. The Morgan fingerprint density at radius 2 is 1.68 bits per heavy atom. The molecule has 0 aliphatic heterocycles. The molecule has 0 atom stereocenters. The van der Waals surface area contributed by atoms with Gasteiger partial charge in [0, 0.05) is 41.9 Å². The largest absolute Gasteiger partial charge is 0.457 e. The standard InChI is InChI=1S/C33H35N7O6S/c1-4-5-8-23-19-31(40(38-23)24-13-11-22(12-14-24)39-47(3,43)44)37-33(42)35-28-15-16-29(27-10-7-6-9-26(27)28)46-25-17-18-34-30(20-25)36-32(41)21-45-2/h6-7,9-20,39H,4-5,8,21H2,1-3H3,(H,34,36,41)(H2,35,37,42). The van der Waals surface area contributed by atoms with Crippen LogP contribution in [0.3, 0.4) is 0 Å². The zero-order valence-electron chi connectivity index (χ0n) is 26.1. The summed E-state index contributed by atoms with van der Waals surface area (Å²) in [6.07, 6.45) is 5.27. The highest BCUT2D eigenvalue weighted by Crippen LogP contribution is 2.35. The number of hydrogen-bond donors (Lipinski definition) is 4. The van der Waals surface area contributed by atoms with Crippen LogP contribution in [0.4, 0.5) is 27.8 Å². The van der Waals surface area contributed by atoms with Gasteiger partial charge in [0.1, 0.15) is 29.7 Å². The lowest BCUT2D eigenvalue weighted by Gasteiger charge is -2.15. The number of amides is 3. The monoisotopic (exact) mass is 657 g/mol. The maximum Gasteiger partial charge on any atom is 0.324 e. The fourth-order valence-electron chi connectivity index (χ4n) is 4.80. The average molecular weight is 658 g/mol. The molecule has 244 valence electrons. The molecule has 0 radical (unpaired) electrons. The van der Waals surface area contributed by atoms with Crippen LogP contribution in [-0.2, 0) is 26.0 Å². The van der Waals surface area contributed by atoms with Crippen molar-refractivity contribution in [2.45, 2.75) is 26.2 Å². The molecule has 5 rings (SSSR count). The summed E-state index contributed by atoms with van der Waals surface area (Å²) < 4.78 is 38.3. The predicted octanol–water partition coefficient (Wildman–Crippen LogP) is 6.16. The van der Waals surface area contributed by atoms with Gasteiger partial charge in [-0.05, 0) is 55.3 Å². The second kappa shape index (κ2) is 14.7. The van der Waals surface area contributed by atoms with E-state index in [-0.39, 0.29) is 12.5 Å². The second-order valence-electron chi connectivity index (χ2n) is 10.7. The molecule has 4 N–H and O–H groups in total. The second-order valence-corrected chi connectivity index (χ2v) is 12.4. The highest BCUT2D eigenvalue weighted by molar-refractivity contribution is 7.92. The van der Waals surface area contributed by atoms with Gasteiger partial charge < -0.3 is 20.1 Å². The highest BCUT2D eigenvalue weighted by atomic mass is 32.2. The number of unbranched alkanes of at least 4 members (excludes halogenated alkanes) is 1. The van der Waals surface area contributed by atoms with Gasteiger partial charge in [-0.25, -0.2) is 22.9 Å². The molecule has 0 saturated heterocycles. The molecule has 0 aliphatic carbocycles. The summed E-state index contributed by atoms with van der Waals surface area (Å²) in [6.45, 7) is 2.00. The topological polar surface area (TPSA) is 166 Å². The Morgan fingerprint density at radius 1 is 0.915 bits per heavy atom. The summed E-state index contributed by atoms with van der Waals surface area (Å²) in [6, 6.07) is 22.3. The summed E-state index contributed by atoms with van der Waals surface area (Å²) in [5.41, 5.74) is 2.43. The maximum atomic E-state index is 13.4. The van der Waals surface area contributed by atoms with Crippen LogP contribution >= 0.6 is 0 Å². The van der Waals surface area contributed by atoms with Crippen LogP contribution < -0.4 is 25.4 Å². The van der Waals surface area contributed by atoms with Crippen LogP contribution in [0.2, 0.25) is 0 Å². The van der Waals surface area contributed by atoms with Crippen LogP contribution in [-0.4, -0.2) is 55.1 Å². The number of benzene rings is 3. The van der Waals surface area contributed by atoms with E-state index in [1.54, 1.807) is 53.2 Å². The molecule has 0 fully saturated rings. The molecule has 2 heterocycles. The molecule has 0 bridgehead atoms. The molecule has 3 amide bonds. The van der Waals surface area contributed by atoms with E-state index < -0.39 is 16.1 Å². The van der Waals surface area contributed by atoms with E-state index in [1.165, 1.54) is 13.3 Å². The van der Waals surface area contributed by atoms with Gasteiger partial charge in [-0.15, -0.1) is 0 Å². The Bertz CT molecular complexity index is 1990. The third-order valence-corrected chi connectivity index (χ3v) is 7.44. The summed E-state index contributed by atoms with van der Waals surface area (Å²) in [5.74, 6) is 1.44. The van der Waals surface area contributed by atoms with Crippen molar-refractivity contribution in [2.75, 3.05) is 40.6 Å². The third-order valence-electron chi connectivity index (χ3n) is 6.84. The number of pyridine rings is 1. The van der Waals surface area contributed by atoms with E-state index in [9.17, 15) is 18.0 Å². The molecular weight excluding hydrogens is 622 g/mol. The Kier molecular flexibility index (Phi) is 10.3. The lowest BCUT2D eigenvalue weighted by Crippen LogP contribution is -2.21. The molecule has 2 aromatic heterocycles. The summed E-state index contributed by atoms with van der Waals surface area (Å²) in [7, 11) is -1.99. The van der Waals surface area contributed by atoms with Gasteiger partial charge in [-0.3, -0.25) is 14.8 Å². The molecule has 0 saturated carbocycles. The number of urea groups is 1. The zero-order valence-corrected chi connectivity index (χ0v) is 26.9. The average Bonchev–Trinajstić information content (AvgIpc) is 3.43. The summed E-state index contributed by atoms with van der Waals surface area (Å²) in [5, 5.41) is 14.7. The van der Waals surface area contributed by atoms with Crippen LogP contribution in [0, 0.1) is 0 Å². The number of sulfonamides is 1. The van der Waals surface area contributed by atoms with Crippen molar-refractivity contribution in [1.82, 2.24) is 14.8 Å². The van der Waals surface area contributed by atoms with Crippen molar-refractivity contribution in [3.63, 3.8) is 0 Å². The van der Waals surface area contributed by atoms with E-state index in [2.05, 4.69) is 32.6 Å². The number of carbonyl (C=O) groups is 2. The summed E-state index contributed by atoms with van der Waals surface area (Å²) >= 11 is 0. The Balaban J connectivity index is 1.36. The zero-order chi connectivity index (χ0) is 33.4. The lowest BCUT2D eigenvalue weighted by molar-refractivity contribution is -0.119. The van der Waals surface area contributed by atoms with Crippen molar-refractivity contribution in [3.05, 3.63) is 90.8 Å². The first-order valence-electron chi connectivity index (χ1n) is 14.8. The van der Waals surface area contributed by atoms with E-state index in [0.717, 1.165) is 42.0 Å². The normalized spacial score (nSPS) is 11.2. The van der Waals surface area contributed by atoms with Crippen molar-refractivity contribution < 1.29 is 27.5 Å². The molecule has 3 aromatic carbocycles. The van der Waals surface area contributed by atoms with E-state index >= 15 is 0 Å². The quantitative estimate of drug-likeness (QED) is 0.117. The lowest BCUT2D eigenvalue weighted by atomic mass is 10.1. The molecule has 47 heavy (non-hydrogen) atoms. The minimum atomic E-state index is -3.42. The molecule has 13 nitrogen and oxygen atoms in total. The Morgan fingerprint density at radius 3 is 2.40 bits per heavy atom. The first kappa shape index (κ1) is 32.9. The highest BCUT2D eigenvalue weighted by Gasteiger charge is 2.16. The first-order chi connectivity index (χ1) is 22.6. The van der Waals surface area contributed by atoms with Crippen molar-refractivity contribution in [1.29, 1.82) is 0 Å². The predicted molar refractivity (Wildman–Crippen MR) is 182 cm³/mol. The van der Waals surface area contributed by atoms with Gasteiger partial charge in [0.2, 0.25) is 10.0 Å². The van der Waals surface area contributed by atoms with E-state index in [1.807, 2.05) is 30.3 Å². The van der Waals surface area contributed by atoms with Crippen molar-refractivity contribution in [3.8, 4) is 17.2 Å². The number of carbonyl (C=O) groups excluding carboxylic acids is 2. The van der Waals surface area contributed by atoms with Gasteiger partial charge in [-0.1, -0.05) is 37.6 Å². The molecular formula is C33H35N7O6S. The first-order valence-corrected chi connectivity index (χ1v) is 16.7. The number of fused-ring (bicyclic) bond motifs is 1. The van der Waals surface area contributed by atoms with Crippen LogP contribution in [0.1, 0.15) is 25.5 Å². The van der Waals surface area contributed by atoms with Gasteiger partial charge in [-0.2, -0.15) is 5.10 Å². The minimum Gasteiger partial charge on any atom is -0.457 e. The van der Waals surface area contributed by atoms with Gasteiger partial charge in [0.15, 0.2) is 0 Å². The van der Waals surface area contributed by atoms with E-state index in [0.29, 0.717) is 40.2 Å². The number of aryl methyl sites for hydroxylation is 1. The van der Waals surface area contributed by atoms with Gasteiger partial charge in [0.25, 0.3) is 5.91 Å². The molecule has 5 aromatic rings. The smallest absolute Gasteiger partial charge is 0.324 e. The number of anilines is 4. The number of hydrogen-bond acceptors (Lipinski definition) is 8. The number of nitrogens with zero attached hydrogens (tertiary/aromatic N) is 3. The van der Waals surface area contributed by atoms with Crippen molar-refractivity contribution in [2.24, 2.45) is 0 Å². The van der Waals surface area contributed by atoms with E-state index in [4.69, 9.17) is 14.6 Å². The SMILES string of the molecule is CCCCc1cc(NC(=O)Nc2ccc(Oc3ccnc(NC(=O)COC)c3)c3ccccc23)n(-c2ccc(NS(C)(=O)=O)cc2)n1. The molecule has 0 aliphatic rings. The number of aromatic nitrogens is 3. The minimum absolute atomic E-state index is 0.0973. The molecule has 0 unspecified atom stereocenters. The maximum absolute atomic E-state index is 13.4. The van der Waals surface area contributed by atoms with Crippen molar-refractivity contribution >= 4 is 55.7 Å². The van der Waals surface area contributed by atoms with Gasteiger partial charge in [0.05, 0.1) is 23.3 Å². The number of nitrogens with one attached hydrogen (secondary N) is 4. The Hall–Kier alpha value is -5.47. The Labute approximate surface area is 272 Å². The third kappa shape index (κ3) is 8.83. The fourth-order valence-corrected chi connectivity index (χ4v) is 5.36. The number of methoxy groups -OCH3 is 1. The van der Waals surface area contributed by atoms with Gasteiger partial charge >= 0.3 is 6.03 Å². The summed E-state index contributed by atoms with van der Waals surface area (Å²) in [4.78, 5) is 29.4. The molecule has 0 spiro atoms. The van der Waals surface area contributed by atoms with Crippen LogP contribution in [0.25, 0.3) is 16.5 Å². The fraction of sp³-hybridized carbons (Fsp3) is 0.212.